The Bertz CT molecular complexity index is 249. The number of rotatable bonds is 6. The summed E-state index contributed by atoms with van der Waals surface area (Å²) < 4.78 is 6.10. The summed E-state index contributed by atoms with van der Waals surface area (Å²) in [6.07, 6.45) is 0.180. The van der Waals surface area contributed by atoms with E-state index >= 15 is 0 Å². The van der Waals surface area contributed by atoms with Crippen molar-refractivity contribution in [3.05, 3.63) is 0 Å². The Balaban J connectivity index is 4.70. The third-order valence-electron chi connectivity index (χ3n) is 3.32. The van der Waals surface area contributed by atoms with Crippen LogP contribution in [0.25, 0.3) is 0 Å². The molecule has 0 aliphatic rings. The molecule has 17 heavy (non-hydrogen) atoms. The molecule has 0 aliphatic heterocycles. The normalized spacial score (nSPS) is 14.5. The molecule has 4 nitrogen and oxygen atoms in total. The van der Waals surface area contributed by atoms with Gasteiger partial charge < -0.3 is 15.5 Å². The minimum Gasteiger partial charge on any atom is -0.405 e. The molecular formula is C12H28N2O2Si. The average Bonchev–Trinajstić information content (AvgIpc) is 2.15. The molecule has 1 unspecified atom stereocenters. The van der Waals surface area contributed by atoms with E-state index in [0.29, 0.717) is 19.5 Å². The van der Waals surface area contributed by atoms with Crippen LogP contribution >= 0.6 is 0 Å². The molecule has 0 aromatic heterocycles. The molecule has 0 bridgehead atoms. The Kier molecular flexibility index (Phi) is 6.36. The van der Waals surface area contributed by atoms with Gasteiger partial charge in [-0.05, 0) is 38.0 Å². The highest BCUT2D eigenvalue weighted by Gasteiger charge is 2.40. The SMILES string of the molecule is CCNC(=O)C(CCN)O[Si](C)(C)C(C)(C)C. The average molecular weight is 260 g/mol. The number of amides is 1. The van der Waals surface area contributed by atoms with Gasteiger partial charge in [0.2, 0.25) is 5.91 Å². The first-order valence-corrected chi connectivity index (χ1v) is 9.22. The summed E-state index contributed by atoms with van der Waals surface area (Å²) in [6, 6.07) is 0. The van der Waals surface area contributed by atoms with Crippen LogP contribution in [-0.2, 0) is 9.22 Å². The third-order valence-corrected chi connectivity index (χ3v) is 7.80. The first kappa shape index (κ1) is 16.6. The second-order valence-electron chi connectivity index (χ2n) is 5.84. The largest absolute Gasteiger partial charge is 0.405 e. The smallest absolute Gasteiger partial charge is 0.247 e. The molecule has 102 valence electrons. The van der Waals surface area contributed by atoms with E-state index in [1.165, 1.54) is 0 Å². The number of carbonyl (C=O) groups is 1. The van der Waals surface area contributed by atoms with Crippen molar-refractivity contribution in [3.63, 3.8) is 0 Å². The van der Waals surface area contributed by atoms with Gasteiger partial charge in [0, 0.05) is 6.54 Å². The Labute approximate surface area is 106 Å². The summed E-state index contributed by atoms with van der Waals surface area (Å²) in [6.45, 7) is 13.8. The lowest BCUT2D eigenvalue weighted by Gasteiger charge is -2.38. The summed E-state index contributed by atoms with van der Waals surface area (Å²) in [7, 11) is -1.91. The van der Waals surface area contributed by atoms with E-state index in [1.54, 1.807) is 0 Å². The van der Waals surface area contributed by atoms with Crippen LogP contribution in [0.4, 0.5) is 0 Å². The monoisotopic (exact) mass is 260 g/mol. The Morgan fingerprint density at radius 1 is 1.41 bits per heavy atom. The van der Waals surface area contributed by atoms with Crippen molar-refractivity contribution in [2.24, 2.45) is 5.73 Å². The number of hydrogen-bond acceptors (Lipinski definition) is 3. The molecule has 1 amide bonds. The second-order valence-corrected chi connectivity index (χ2v) is 10.6. The van der Waals surface area contributed by atoms with E-state index in [0.717, 1.165) is 0 Å². The van der Waals surface area contributed by atoms with Gasteiger partial charge in [-0.1, -0.05) is 20.8 Å². The molecule has 0 saturated heterocycles. The first-order chi connectivity index (χ1) is 7.65. The summed E-state index contributed by atoms with van der Waals surface area (Å²) in [5.41, 5.74) is 5.55. The van der Waals surface area contributed by atoms with Crippen molar-refractivity contribution in [2.75, 3.05) is 13.1 Å². The maximum Gasteiger partial charge on any atom is 0.247 e. The fraction of sp³-hybridized carbons (Fsp3) is 0.917. The number of nitrogens with two attached hydrogens (primary N) is 1. The van der Waals surface area contributed by atoms with Gasteiger partial charge in [0.05, 0.1) is 0 Å². The number of carbonyl (C=O) groups excluding carboxylic acids is 1. The summed E-state index contributed by atoms with van der Waals surface area (Å²) in [4.78, 5) is 11.9. The molecule has 1 atom stereocenters. The molecule has 5 heteroatoms. The van der Waals surface area contributed by atoms with Crippen molar-refractivity contribution in [1.29, 1.82) is 0 Å². The quantitative estimate of drug-likeness (QED) is 0.717. The lowest BCUT2D eigenvalue weighted by molar-refractivity contribution is -0.128. The van der Waals surface area contributed by atoms with Gasteiger partial charge in [-0.2, -0.15) is 0 Å². The standard InChI is InChI=1S/C12H28N2O2Si/c1-7-14-11(15)10(8-9-13)16-17(5,6)12(2,3)4/h10H,7-9,13H2,1-6H3,(H,14,15). The van der Waals surface area contributed by atoms with Crippen molar-refractivity contribution in [2.45, 2.75) is 58.4 Å². The van der Waals surface area contributed by atoms with Gasteiger partial charge in [-0.3, -0.25) is 4.79 Å². The minimum atomic E-state index is -1.91. The number of nitrogens with one attached hydrogen (secondary N) is 1. The molecule has 0 spiro atoms. The lowest BCUT2D eigenvalue weighted by atomic mass is 10.2. The molecule has 0 aromatic rings. The molecular weight excluding hydrogens is 232 g/mol. The van der Waals surface area contributed by atoms with Crippen LogP contribution in [-0.4, -0.2) is 33.4 Å². The molecule has 0 heterocycles. The van der Waals surface area contributed by atoms with Crippen molar-refractivity contribution < 1.29 is 9.22 Å². The molecule has 0 radical (unpaired) electrons. The van der Waals surface area contributed by atoms with E-state index in [2.05, 4.69) is 39.2 Å². The van der Waals surface area contributed by atoms with Gasteiger partial charge in [-0.25, -0.2) is 0 Å². The van der Waals surface area contributed by atoms with E-state index < -0.39 is 14.4 Å². The Morgan fingerprint density at radius 2 is 1.94 bits per heavy atom. The zero-order chi connectivity index (χ0) is 13.7. The Hall–Kier alpha value is -0.393. The van der Waals surface area contributed by atoms with Crippen LogP contribution in [0.15, 0.2) is 0 Å². The highest BCUT2D eigenvalue weighted by Crippen LogP contribution is 2.37. The third kappa shape index (κ3) is 5.19. The summed E-state index contributed by atoms with van der Waals surface area (Å²) in [5, 5.41) is 2.91. The van der Waals surface area contributed by atoms with E-state index in [-0.39, 0.29) is 10.9 Å². The predicted octanol–water partition coefficient (Wildman–Crippen LogP) is 1.86. The van der Waals surface area contributed by atoms with E-state index in [9.17, 15) is 4.79 Å². The molecule has 0 aliphatic carbocycles. The highest BCUT2D eigenvalue weighted by molar-refractivity contribution is 6.74. The maximum atomic E-state index is 11.9. The van der Waals surface area contributed by atoms with Crippen LogP contribution in [0.1, 0.15) is 34.1 Å². The van der Waals surface area contributed by atoms with Gasteiger partial charge >= 0.3 is 0 Å². The van der Waals surface area contributed by atoms with E-state index in [4.69, 9.17) is 10.2 Å². The predicted molar refractivity (Wildman–Crippen MR) is 74.4 cm³/mol. The highest BCUT2D eigenvalue weighted by atomic mass is 28.4. The van der Waals surface area contributed by atoms with Crippen LogP contribution in [0, 0.1) is 0 Å². The van der Waals surface area contributed by atoms with Crippen molar-refractivity contribution >= 4 is 14.2 Å². The summed E-state index contributed by atoms with van der Waals surface area (Å²) >= 11 is 0. The van der Waals surface area contributed by atoms with Crippen molar-refractivity contribution in [1.82, 2.24) is 5.32 Å². The number of likely N-dealkylation sites (N-methyl/N-ethyl adjacent to an activating group) is 1. The zero-order valence-corrected chi connectivity index (χ0v) is 13.1. The molecule has 0 fully saturated rings. The van der Waals surface area contributed by atoms with Crippen LogP contribution in [0.3, 0.4) is 0 Å². The second kappa shape index (κ2) is 6.52. The topological polar surface area (TPSA) is 64.4 Å². The first-order valence-electron chi connectivity index (χ1n) is 6.31. The lowest BCUT2D eigenvalue weighted by Crippen LogP contribution is -2.49. The Morgan fingerprint density at radius 3 is 2.29 bits per heavy atom. The van der Waals surface area contributed by atoms with Crippen LogP contribution in [0.5, 0.6) is 0 Å². The summed E-state index contributed by atoms with van der Waals surface area (Å²) in [5.74, 6) is -0.0391. The van der Waals surface area contributed by atoms with E-state index in [1.807, 2.05) is 6.92 Å². The molecule has 0 saturated carbocycles. The fourth-order valence-electron chi connectivity index (χ4n) is 1.22. The molecule has 3 N–H and O–H groups in total. The maximum absolute atomic E-state index is 11.9. The van der Waals surface area contributed by atoms with Gasteiger partial charge in [0.25, 0.3) is 0 Å². The van der Waals surface area contributed by atoms with Gasteiger partial charge in [0.1, 0.15) is 6.10 Å². The molecule has 0 aromatic carbocycles. The van der Waals surface area contributed by atoms with Gasteiger partial charge in [-0.15, -0.1) is 0 Å². The molecule has 0 rings (SSSR count). The van der Waals surface area contributed by atoms with Crippen LogP contribution < -0.4 is 11.1 Å². The fourth-order valence-corrected chi connectivity index (χ4v) is 2.51. The number of hydrogen-bond donors (Lipinski definition) is 2. The van der Waals surface area contributed by atoms with Gasteiger partial charge in [0.15, 0.2) is 8.32 Å². The van der Waals surface area contributed by atoms with Crippen molar-refractivity contribution in [3.8, 4) is 0 Å². The van der Waals surface area contributed by atoms with Crippen LogP contribution in [0.2, 0.25) is 18.1 Å². The minimum absolute atomic E-state index is 0.0391. The zero-order valence-electron chi connectivity index (χ0n) is 12.1.